The lowest BCUT2D eigenvalue weighted by Gasteiger charge is -2.19. The minimum Gasteiger partial charge on any atom is -0.509 e. The Kier molecular flexibility index (Phi) is 2.74. The van der Waals surface area contributed by atoms with E-state index in [0.717, 1.165) is 0 Å². The Morgan fingerprint density at radius 3 is 3.00 bits per heavy atom. The largest absolute Gasteiger partial charge is 0.509 e. The van der Waals surface area contributed by atoms with Gasteiger partial charge in [0.05, 0.1) is 6.04 Å². The topological polar surface area (TPSA) is 69.6 Å². The van der Waals surface area contributed by atoms with E-state index in [1.54, 1.807) is 6.08 Å². The number of nitrogens with one attached hydrogen (secondary N) is 1. The fourth-order valence-corrected chi connectivity index (χ4v) is 1.13. The summed E-state index contributed by atoms with van der Waals surface area (Å²) < 4.78 is 0. The van der Waals surface area contributed by atoms with Crippen molar-refractivity contribution in [3.63, 3.8) is 0 Å². The third-order valence-electron chi connectivity index (χ3n) is 1.79. The normalized spacial score (nSPS) is 21.1. The zero-order chi connectivity index (χ0) is 9.84. The number of aliphatic hydroxyl groups excluding tert-OH is 1. The van der Waals surface area contributed by atoms with E-state index in [0.29, 0.717) is 6.42 Å². The van der Waals surface area contributed by atoms with Crippen molar-refractivity contribution in [1.82, 2.24) is 5.32 Å². The lowest BCUT2D eigenvalue weighted by Crippen LogP contribution is -2.30. The summed E-state index contributed by atoms with van der Waals surface area (Å²) >= 11 is 0. The molecule has 1 atom stereocenters. The lowest BCUT2D eigenvalue weighted by molar-refractivity contribution is -0.132. The SMILES string of the molecule is C=CCC1NC=CC(C(=O)O)=C1O. The molecule has 13 heavy (non-hydrogen) atoms. The molecular formula is C9H11NO3. The van der Waals surface area contributed by atoms with Gasteiger partial charge in [0, 0.05) is 0 Å². The summed E-state index contributed by atoms with van der Waals surface area (Å²) in [7, 11) is 0. The highest BCUT2D eigenvalue weighted by molar-refractivity contribution is 5.90. The van der Waals surface area contributed by atoms with Crippen molar-refractivity contribution in [1.29, 1.82) is 0 Å². The molecule has 70 valence electrons. The highest BCUT2D eigenvalue weighted by Crippen LogP contribution is 2.15. The van der Waals surface area contributed by atoms with Crippen LogP contribution in [0.4, 0.5) is 0 Å². The summed E-state index contributed by atoms with van der Waals surface area (Å²) in [6.07, 6.45) is 4.95. The van der Waals surface area contributed by atoms with Gasteiger partial charge < -0.3 is 15.5 Å². The summed E-state index contributed by atoms with van der Waals surface area (Å²) in [5.74, 6) is -1.26. The van der Waals surface area contributed by atoms with E-state index in [-0.39, 0.29) is 17.4 Å². The number of carboxylic acids is 1. The molecular weight excluding hydrogens is 170 g/mol. The third kappa shape index (κ3) is 1.90. The van der Waals surface area contributed by atoms with Crippen molar-refractivity contribution in [3.05, 3.63) is 36.3 Å². The van der Waals surface area contributed by atoms with Crippen molar-refractivity contribution in [2.45, 2.75) is 12.5 Å². The Bertz CT molecular complexity index is 289. The van der Waals surface area contributed by atoms with Crippen molar-refractivity contribution >= 4 is 5.97 Å². The maximum absolute atomic E-state index is 10.6. The molecule has 4 nitrogen and oxygen atoms in total. The van der Waals surface area contributed by atoms with Crippen LogP contribution in [0.15, 0.2) is 36.3 Å². The van der Waals surface area contributed by atoms with Crippen LogP contribution in [0, 0.1) is 0 Å². The maximum atomic E-state index is 10.6. The van der Waals surface area contributed by atoms with E-state index in [9.17, 15) is 9.90 Å². The van der Waals surface area contributed by atoms with Gasteiger partial charge in [-0.3, -0.25) is 0 Å². The first kappa shape index (κ1) is 9.38. The number of hydrogen-bond acceptors (Lipinski definition) is 3. The van der Waals surface area contributed by atoms with E-state index >= 15 is 0 Å². The van der Waals surface area contributed by atoms with Gasteiger partial charge in [0.1, 0.15) is 11.3 Å². The van der Waals surface area contributed by atoms with Crippen molar-refractivity contribution < 1.29 is 15.0 Å². The minimum absolute atomic E-state index is 0.0643. The fourth-order valence-electron chi connectivity index (χ4n) is 1.13. The lowest BCUT2D eigenvalue weighted by atomic mass is 10.0. The molecule has 0 aromatic heterocycles. The van der Waals surface area contributed by atoms with Crippen LogP contribution in [0.5, 0.6) is 0 Å². The molecule has 0 aliphatic carbocycles. The van der Waals surface area contributed by atoms with Crippen LogP contribution in [0.3, 0.4) is 0 Å². The van der Waals surface area contributed by atoms with E-state index < -0.39 is 5.97 Å². The molecule has 0 amide bonds. The standard InChI is InChI=1S/C9H11NO3/c1-2-3-7-8(11)6(9(12)13)4-5-10-7/h2,4-5,7,10-11H,1,3H2,(H,12,13). The van der Waals surface area contributed by atoms with E-state index in [4.69, 9.17) is 5.11 Å². The maximum Gasteiger partial charge on any atom is 0.339 e. The number of carboxylic acid groups (broad SMARTS) is 1. The molecule has 0 spiro atoms. The summed E-state index contributed by atoms with van der Waals surface area (Å²) in [6, 6.07) is -0.367. The Hall–Kier alpha value is -1.71. The van der Waals surface area contributed by atoms with E-state index in [2.05, 4.69) is 11.9 Å². The zero-order valence-corrected chi connectivity index (χ0v) is 7.03. The molecule has 0 aromatic rings. The molecule has 3 N–H and O–H groups in total. The summed E-state index contributed by atoms with van der Waals surface area (Å²) in [5.41, 5.74) is -0.0643. The second-order valence-electron chi connectivity index (χ2n) is 2.68. The van der Waals surface area contributed by atoms with Crippen LogP contribution in [0.25, 0.3) is 0 Å². The van der Waals surface area contributed by atoms with Crippen LogP contribution in [-0.4, -0.2) is 22.2 Å². The van der Waals surface area contributed by atoms with Gasteiger partial charge in [-0.2, -0.15) is 0 Å². The van der Waals surface area contributed by atoms with Crippen molar-refractivity contribution in [2.75, 3.05) is 0 Å². The average Bonchev–Trinajstić information content (AvgIpc) is 2.08. The van der Waals surface area contributed by atoms with Crippen molar-refractivity contribution in [3.8, 4) is 0 Å². The van der Waals surface area contributed by atoms with Crippen LogP contribution in [-0.2, 0) is 4.79 Å². The molecule has 0 bridgehead atoms. The van der Waals surface area contributed by atoms with Gasteiger partial charge in [0.2, 0.25) is 0 Å². The second kappa shape index (κ2) is 3.80. The first-order valence-corrected chi connectivity index (χ1v) is 3.86. The monoisotopic (exact) mass is 181 g/mol. The number of aliphatic hydroxyl groups is 1. The summed E-state index contributed by atoms with van der Waals surface area (Å²) in [5, 5.41) is 21.0. The van der Waals surface area contributed by atoms with Crippen molar-refractivity contribution in [2.24, 2.45) is 0 Å². The molecule has 1 aliphatic heterocycles. The zero-order valence-electron chi connectivity index (χ0n) is 7.03. The predicted molar refractivity (Wildman–Crippen MR) is 48.2 cm³/mol. The van der Waals surface area contributed by atoms with Crippen LogP contribution in [0.1, 0.15) is 6.42 Å². The summed E-state index contributed by atoms with van der Waals surface area (Å²) in [4.78, 5) is 10.6. The molecule has 0 saturated heterocycles. The minimum atomic E-state index is -1.12. The number of dihydropyridines is 1. The van der Waals surface area contributed by atoms with Gasteiger partial charge >= 0.3 is 5.97 Å². The molecule has 0 saturated carbocycles. The Morgan fingerprint density at radius 1 is 1.77 bits per heavy atom. The second-order valence-corrected chi connectivity index (χ2v) is 2.68. The van der Waals surface area contributed by atoms with Crippen LogP contribution in [0.2, 0.25) is 0 Å². The van der Waals surface area contributed by atoms with Crippen LogP contribution >= 0.6 is 0 Å². The molecule has 0 fully saturated rings. The highest BCUT2D eigenvalue weighted by Gasteiger charge is 2.21. The van der Waals surface area contributed by atoms with Gasteiger partial charge in [0.15, 0.2) is 0 Å². The van der Waals surface area contributed by atoms with E-state index in [1.165, 1.54) is 12.3 Å². The molecule has 4 heteroatoms. The fraction of sp³-hybridized carbons (Fsp3) is 0.222. The van der Waals surface area contributed by atoms with Crippen LogP contribution < -0.4 is 5.32 Å². The molecule has 0 radical (unpaired) electrons. The molecule has 1 heterocycles. The molecule has 1 unspecified atom stereocenters. The quantitative estimate of drug-likeness (QED) is 0.567. The Balaban J connectivity index is 2.90. The summed E-state index contributed by atoms with van der Waals surface area (Å²) in [6.45, 7) is 3.51. The predicted octanol–water partition coefficient (Wildman–Crippen LogP) is 0.945. The van der Waals surface area contributed by atoms with Gasteiger partial charge in [-0.1, -0.05) is 6.08 Å². The van der Waals surface area contributed by atoms with Gasteiger partial charge in [-0.15, -0.1) is 6.58 Å². The first-order valence-electron chi connectivity index (χ1n) is 3.86. The first-order chi connectivity index (χ1) is 6.16. The number of rotatable bonds is 3. The number of carbonyl (C=O) groups is 1. The molecule has 0 aromatic carbocycles. The van der Waals surface area contributed by atoms with Gasteiger partial charge in [-0.25, -0.2) is 4.79 Å². The third-order valence-corrected chi connectivity index (χ3v) is 1.79. The van der Waals surface area contributed by atoms with E-state index in [1.807, 2.05) is 0 Å². The highest BCUT2D eigenvalue weighted by atomic mass is 16.4. The number of hydrogen-bond donors (Lipinski definition) is 3. The molecule has 1 aliphatic rings. The Morgan fingerprint density at radius 2 is 2.46 bits per heavy atom. The number of aliphatic carboxylic acids is 1. The van der Waals surface area contributed by atoms with Gasteiger partial charge in [0.25, 0.3) is 0 Å². The van der Waals surface area contributed by atoms with Gasteiger partial charge in [-0.05, 0) is 18.7 Å². The smallest absolute Gasteiger partial charge is 0.339 e. The molecule has 1 rings (SSSR count). The average molecular weight is 181 g/mol. The Labute approximate surface area is 75.9 Å².